The number of carbonyl (C=O) groups excluding carboxylic acids is 1. The number of aliphatic hydroxyl groups excluding tert-OH is 2. The van der Waals surface area contributed by atoms with Gasteiger partial charge < -0.3 is 50.7 Å². The molecule has 4 aliphatic rings. The Hall–Kier alpha value is -5.94. The molecule has 13 heteroatoms. The van der Waals surface area contributed by atoms with Crippen LogP contribution in [0.5, 0.6) is 17.2 Å². The third-order valence-corrected chi connectivity index (χ3v) is 11.8. The van der Waals surface area contributed by atoms with Gasteiger partial charge in [-0.25, -0.2) is 4.79 Å². The highest BCUT2D eigenvalue weighted by atomic mass is 16.6. The molecular weight excluding hydrogens is 741 g/mol. The number of dihydropyridines is 2. The van der Waals surface area contributed by atoms with Gasteiger partial charge in [0.2, 0.25) is 0 Å². The standard InChI is InChI=1S/C45H50N4O9/c1-5-25(3)43(55)57-34-21-32-40(54)37-33(53)20-31(23-50)56-42(37)38-39(27-14-16-48-35(46)18-27)45(24-51,29-9-7-11-30(52)19-29)15-8-10-28(44(34,4)58-41(32)38)17-26-12-13-36(47-6-2)49-22-26/h5,7,9,11-14,18-20,22,28,34,36,39,47-52,54H,6,10,16-17,21,23-24,46H2,1-4H3. The van der Waals surface area contributed by atoms with Gasteiger partial charge in [0.25, 0.3) is 0 Å². The lowest BCUT2D eigenvalue weighted by molar-refractivity contribution is -0.164. The van der Waals surface area contributed by atoms with E-state index in [2.05, 4.69) is 27.8 Å². The molecule has 2 bridgehead atoms. The summed E-state index contributed by atoms with van der Waals surface area (Å²) in [7, 11) is 0. The Labute approximate surface area is 336 Å². The number of likely N-dealkylation sites (N-methyl/N-ethyl adjacent to an activating group) is 1. The minimum Gasteiger partial charge on any atom is -0.508 e. The summed E-state index contributed by atoms with van der Waals surface area (Å²) in [6.45, 7) is 7.15. The molecule has 0 aliphatic carbocycles. The molecular formula is C45H50N4O9. The summed E-state index contributed by atoms with van der Waals surface area (Å²) < 4.78 is 20.0. The van der Waals surface area contributed by atoms with Crippen LogP contribution < -0.4 is 31.8 Å². The van der Waals surface area contributed by atoms with Crippen molar-refractivity contribution >= 4 is 16.9 Å². The lowest BCUT2D eigenvalue weighted by Gasteiger charge is -2.48. The fourth-order valence-electron chi connectivity index (χ4n) is 8.52. The first kappa shape index (κ1) is 40.3. The molecule has 6 atom stereocenters. The largest absolute Gasteiger partial charge is 0.508 e. The van der Waals surface area contributed by atoms with Gasteiger partial charge in [0.15, 0.2) is 5.43 Å². The number of carbonyl (C=O) groups is 1. The van der Waals surface area contributed by atoms with Gasteiger partial charge >= 0.3 is 5.97 Å². The maximum Gasteiger partial charge on any atom is 0.333 e. The second-order valence-corrected chi connectivity index (χ2v) is 15.3. The van der Waals surface area contributed by atoms with Crippen LogP contribution in [0.2, 0.25) is 0 Å². The molecule has 58 heavy (non-hydrogen) atoms. The van der Waals surface area contributed by atoms with E-state index in [0.717, 1.165) is 18.2 Å². The molecule has 5 heterocycles. The fraction of sp³-hybridized carbons (Fsp3) is 0.378. The van der Waals surface area contributed by atoms with E-state index in [9.17, 15) is 30.0 Å². The van der Waals surface area contributed by atoms with Gasteiger partial charge in [-0.05, 0) is 74.7 Å². The first-order chi connectivity index (χ1) is 27.9. The van der Waals surface area contributed by atoms with Gasteiger partial charge in [0.05, 0.1) is 24.0 Å². The SMILES string of the molecule is CC=C(C)C(=O)OC1Cc2c3c(c4oc(CO)cc(=O)c4c2O)C(C2=CCNC(N)=C2)C(CO)(c2cccc(O)c2)C#CCC(CC2=CNC(NCC)C=C2)C1(C)O3. The Morgan fingerprint density at radius 3 is 2.71 bits per heavy atom. The number of phenols is 2. The maximum atomic E-state index is 14.0. The number of allylic oxidation sites excluding steroid dienone is 5. The van der Waals surface area contributed by atoms with Gasteiger partial charge in [-0.1, -0.05) is 43.2 Å². The van der Waals surface area contributed by atoms with Gasteiger partial charge in [0, 0.05) is 60.2 Å². The minimum absolute atomic E-state index is 0.0578. The van der Waals surface area contributed by atoms with Crippen molar-refractivity contribution in [2.75, 3.05) is 19.7 Å². The van der Waals surface area contributed by atoms with Gasteiger partial charge in [-0.3, -0.25) is 10.1 Å². The van der Waals surface area contributed by atoms with Crippen molar-refractivity contribution in [1.82, 2.24) is 16.0 Å². The molecule has 304 valence electrons. The van der Waals surface area contributed by atoms with Crippen LogP contribution in [0.25, 0.3) is 11.0 Å². The Bertz CT molecular complexity index is 2420. The third kappa shape index (κ3) is 7.12. The molecule has 0 saturated carbocycles. The second-order valence-electron chi connectivity index (χ2n) is 15.3. The molecule has 2 aromatic carbocycles. The summed E-state index contributed by atoms with van der Waals surface area (Å²) >= 11 is 0. The normalized spacial score (nSPS) is 26.4. The number of phenolic OH excluding ortho intramolecular Hbond substituents is 2. The maximum absolute atomic E-state index is 14.0. The number of nitrogens with two attached hydrogens (primary N) is 1. The van der Waals surface area contributed by atoms with Crippen LogP contribution in [0.4, 0.5) is 0 Å². The van der Waals surface area contributed by atoms with Crippen molar-refractivity contribution in [3.05, 3.63) is 122 Å². The molecule has 0 spiro atoms. The Morgan fingerprint density at radius 1 is 1.22 bits per heavy atom. The summed E-state index contributed by atoms with van der Waals surface area (Å²) in [6, 6.07) is 7.59. The molecule has 13 nitrogen and oxygen atoms in total. The Morgan fingerprint density at radius 2 is 2.03 bits per heavy atom. The molecule has 0 fully saturated rings. The van der Waals surface area contributed by atoms with E-state index < -0.39 is 59.3 Å². The van der Waals surface area contributed by atoms with Crippen LogP contribution in [0.3, 0.4) is 0 Å². The summed E-state index contributed by atoms with van der Waals surface area (Å²) in [5.74, 6) is 4.75. The average Bonchev–Trinajstić information content (AvgIpc) is 3.21. The van der Waals surface area contributed by atoms with Crippen molar-refractivity contribution in [3.8, 4) is 29.1 Å². The van der Waals surface area contributed by atoms with Crippen LogP contribution in [0, 0.1) is 17.8 Å². The fourth-order valence-corrected chi connectivity index (χ4v) is 8.52. The molecule has 0 saturated heterocycles. The number of hydrogen-bond donors (Lipinski definition) is 8. The lowest BCUT2D eigenvalue weighted by Crippen LogP contribution is -2.57. The number of ether oxygens (including phenoxy) is 2. The summed E-state index contributed by atoms with van der Waals surface area (Å²) in [5.41, 5.74) is 5.63. The van der Waals surface area contributed by atoms with Crippen LogP contribution in [-0.4, -0.2) is 64.0 Å². The Balaban J connectivity index is 1.59. The number of esters is 1. The van der Waals surface area contributed by atoms with E-state index in [1.807, 2.05) is 38.3 Å². The summed E-state index contributed by atoms with van der Waals surface area (Å²) in [4.78, 5) is 27.7. The monoisotopic (exact) mass is 790 g/mol. The quantitative estimate of drug-likeness (QED) is 0.0831. The molecule has 0 amide bonds. The first-order valence-electron chi connectivity index (χ1n) is 19.5. The number of benzene rings is 2. The number of aromatic hydroxyl groups is 2. The van der Waals surface area contributed by atoms with Crippen molar-refractivity contribution in [2.45, 2.75) is 82.8 Å². The number of nitrogens with one attached hydrogen (secondary N) is 3. The average molecular weight is 791 g/mol. The highest BCUT2D eigenvalue weighted by molar-refractivity contribution is 5.92. The van der Waals surface area contributed by atoms with Crippen molar-refractivity contribution in [3.63, 3.8) is 0 Å². The summed E-state index contributed by atoms with van der Waals surface area (Å²) in [5, 5.41) is 54.9. The zero-order valence-corrected chi connectivity index (χ0v) is 33.0. The topological polar surface area (TPSA) is 209 Å². The van der Waals surface area contributed by atoms with E-state index in [-0.39, 0.29) is 58.4 Å². The molecule has 7 rings (SSSR count). The van der Waals surface area contributed by atoms with Gasteiger partial charge in [-0.15, -0.1) is 5.92 Å². The van der Waals surface area contributed by atoms with E-state index in [1.54, 1.807) is 38.1 Å². The van der Waals surface area contributed by atoms with Crippen molar-refractivity contribution in [1.29, 1.82) is 0 Å². The predicted octanol–water partition coefficient (Wildman–Crippen LogP) is 4.00. The number of rotatable bonds is 10. The zero-order valence-electron chi connectivity index (χ0n) is 33.0. The molecule has 6 unspecified atom stereocenters. The van der Waals surface area contributed by atoms with Crippen molar-refractivity contribution in [2.24, 2.45) is 11.7 Å². The van der Waals surface area contributed by atoms with Crippen LogP contribution in [-0.2, 0) is 28.0 Å². The lowest BCUT2D eigenvalue weighted by atomic mass is 9.63. The van der Waals surface area contributed by atoms with Crippen LogP contribution in [0.1, 0.15) is 68.9 Å². The molecule has 4 aliphatic heterocycles. The van der Waals surface area contributed by atoms with Crippen LogP contribution >= 0.6 is 0 Å². The van der Waals surface area contributed by atoms with Gasteiger partial charge in [-0.2, -0.15) is 0 Å². The highest BCUT2D eigenvalue weighted by Crippen LogP contribution is 2.57. The number of fused-ring (bicyclic) bond motifs is 3. The minimum atomic E-state index is -1.55. The van der Waals surface area contributed by atoms with E-state index in [4.69, 9.17) is 19.6 Å². The second kappa shape index (κ2) is 16.1. The van der Waals surface area contributed by atoms with Crippen LogP contribution in [0.15, 0.2) is 98.7 Å². The smallest absolute Gasteiger partial charge is 0.333 e. The zero-order chi connectivity index (χ0) is 41.4. The Kier molecular flexibility index (Phi) is 11.2. The van der Waals surface area contributed by atoms with E-state index in [1.165, 1.54) is 12.1 Å². The first-order valence-corrected chi connectivity index (χ1v) is 19.5. The third-order valence-electron chi connectivity index (χ3n) is 11.8. The highest BCUT2D eigenvalue weighted by Gasteiger charge is 2.54. The van der Waals surface area contributed by atoms with E-state index >= 15 is 0 Å². The van der Waals surface area contributed by atoms with E-state index in [0.29, 0.717) is 35.5 Å². The van der Waals surface area contributed by atoms with Gasteiger partial charge in [0.1, 0.15) is 52.3 Å². The molecule has 1 aromatic heterocycles. The molecule has 9 N–H and O–H groups in total. The molecule has 0 radical (unpaired) electrons. The number of hydrogen-bond acceptors (Lipinski definition) is 13. The summed E-state index contributed by atoms with van der Waals surface area (Å²) in [6.07, 6.45) is 10.7. The van der Waals surface area contributed by atoms with Crippen molar-refractivity contribution < 1.29 is 39.1 Å². The predicted molar refractivity (Wildman–Crippen MR) is 218 cm³/mol. The molecule has 3 aromatic rings. The number of aliphatic hydroxyl groups is 2.